The molecule has 1 atom stereocenters. The number of hydrogen-bond donors (Lipinski definition) is 0. The van der Waals surface area contributed by atoms with E-state index in [0.717, 1.165) is 28.1 Å². The largest absolute Gasteiger partial charge is 0.458 e. The number of esters is 2. The first-order valence-electron chi connectivity index (χ1n) is 14.5. The van der Waals surface area contributed by atoms with E-state index in [1.807, 2.05) is 73.8 Å². The number of benzene rings is 3. The Morgan fingerprint density at radius 1 is 1.00 bits per heavy atom. The molecule has 10 heteroatoms. The summed E-state index contributed by atoms with van der Waals surface area (Å²) in [7, 11) is 0. The lowest BCUT2D eigenvalue weighted by atomic mass is 9.96. The van der Waals surface area contributed by atoms with Crippen LogP contribution in [0.3, 0.4) is 0 Å². The molecule has 0 fully saturated rings. The fourth-order valence-electron chi connectivity index (χ4n) is 5.28. The smallest absolute Gasteiger partial charge is 0.338 e. The lowest BCUT2D eigenvalue weighted by Gasteiger charge is -2.24. The minimum Gasteiger partial charge on any atom is -0.458 e. The maximum atomic E-state index is 14.3. The summed E-state index contributed by atoms with van der Waals surface area (Å²) in [4.78, 5) is 44.2. The highest BCUT2D eigenvalue weighted by molar-refractivity contribution is 7.07. The van der Waals surface area contributed by atoms with Crippen molar-refractivity contribution in [2.45, 2.75) is 26.8 Å². The number of thiazole rings is 1. The number of aromatic nitrogens is 3. The summed E-state index contributed by atoms with van der Waals surface area (Å²) in [6, 6.07) is 23.7. The van der Waals surface area contributed by atoms with E-state index in [4.69, 9.17) is 14.6 Å². The van der Waals surface area contributed by atoms with Gasteiger partial charge in [0.1, 0.15) is 12.4 Å². The van der Waals surface area contributed by atoms with Gasteiger partial charge in [0.25, 0.3) is 5.56 Å². The number of rotatable bonds is 8. The molecule has 0 radical (unpaired) electrons. The van der Waals surface area contributed by atoms with Gasteiger partial charge in [0.15, 0.2) is 4.80 Å². The summed E-state index contributed by atoms with van der Waals surface area (Å²) in [5.41, 5.74) is 5.37. The van der Waals surface area contributed by atoms with Crippen LogP contribution in [0, 0.1) is 6.92 Å². The number of ether oxygens (including phenoxy) is 2. The van der Waals surface area contributed by atoms with Crippen molar-refractivity contribution in [2.75, 3.05) is 6.61 Å². The van der Waals surface area contributed by atoms with Crippen LogP contribution in [0.5, 0.6) is 5.75 Å². The molecule has 0 bridgehead atoms. The molecule has 0 saturated heterocycles. The first-order valence-corrected chi connectivity index (χ1v) is 15.4. The molecule has 5 aromatic rings. The van der Waals surface area contributed by atoms with Gasteiger partial charge in [-0.25, -0.2) is 14.5 Å². The fraction of sp³-hybridized carbons (Fsp3) is 0.139. The van der Waals surface area contributed by atoms with E-state index in [-0.39, 0.29) is 17.7 Å². The third kappa shape index (κ3) is 6.02. The Kier molecular flexibility index (Phi) is 8.45. The lowest BCUT2D eigenvalue weighted by molar-refractivity contribution is -0.138. The van der Waals surface area contributed by atoms with Gasteiger partial charge in [-0.3, -0.25) is 14.2 Å². The van der Waals surface area contributed by atoms with E-state index in [1.54, 1.807) is 35.9 Å². The minimum atomic E-state index is -0.828. The summed E-state index contributed by atoms with van der Waals surface area (Å²) in [6.07, 6.45) is 5.20. The van der Waals surface area contributed by atoms with Crippen molar-refractivity contribution in [2.24, 2.45) is 4.99 Å². The first-order chi connectivity index (χ1) is 22.2. The maximum absolute atomic E-state index is 14.3. The summed E-state index contributed by atoms with van der Waals surface area (Å²) < 4.78 is 14.4. The Bertz CT molecular complexity index is 2170. The quantitative estimate of drug-likeness (QED) is 0.135. The van der Waals surface area contributed by atoms with Crippen molar-refractivity contribution in [1.29, 1.82) is 0 Å². The standard InChI is InChI=1S/C36H30N4O5S/c1-5-19-44-35(43)31-23(3)37-36-40(33(31)26-15-17-29(18-16-26)45-24(4)41)34(42)30(46-36)20-27-21-39(28-9-7-6-8-10-28)38-32(27)25-13-11-22(2)12-14-25/h5-18,20-21,33H,1,19H2,2-4H3/b30-20+/t33-/m0/s1. The monoisotopic (exact) mass is 630 g/mol. The molecule has 230 valence electrons. The summed E-state index contributed by atoms with van der Waals surface area (Å²) in [6.45, 7) is 8.71. The highest BCUT2D eigenvalue weighted by Crippen LogP contribution is 2.32. The Labute approximate surface area is 268 Å². The molecule has 0 amide bonds. The zero-order valence-corrected chi connectivity index (χ0v) is 26.3. The molecule has 0 N–H and O–H groups in total. The van der Waals surface area contributed by atoms with Crippen molar-refractivity contribution in [3.63, 3.8) is 0 Å². The average molecular weight is 631 g/mol. The van der Waals surface area contributed by atoms with Crippen molar-refractivity contribution in [3.05, 3.63) is 145 Å². The average Bonchev–Trinajstić information content (AvgIpc) is 3.60. The predicted molar refractivity (Wildman–Crippen MR) is 176 cm³/mol. The lowest BCUT2D eigenvalue weighted by Crippen LogP contribution is -2.39. The molecular weight excluding hydrogens is 600 g/mol. The zero-order valence-electron chi connectivity index (χ0n) is 25.5. The van der Waals surface area contributed by atoms with E-state index in [2.05, 4.69) is 11.6 Å². The molecule has 2 aromatic heterocycles. The van der Waals surface area contributed by atoms with Crippen LogP contribution in [0.15, 0.2) is 119 Å². The molecule has 3 aromatic carbocycles. The van der Waals surface area contributed by atoms with Gasteiger partial charge in [0.05, 0.1) is 33.2 Å². The highest BCUT2D eigenvalue weighted by atomic mass is 32.1. The molecule has 6 rings (SSSR count). The molecule has 0 unspecified atom stereocenters. The van der Waals surface area contributed by atoms with E-state index >= 15 is 0 Å². The topological polar surface area (TPSA) is 105 Å². The van der Waals surface area contributed by atoms with Crippen molar-refractivity contribution in [3.8, 4) is 22.7 Å². The number of nitrogens with zero attached hydrogens (tertiary/aromatic N) is 4. The van der Waals surface area contributed by atoms with Crippen LogP contribution in [0.1, 0.15) is 36.6 Å². The van der Waals surface area contributed by atoms with Crippen molar-refractivity contribution < 1.29 is 19.1 Å². The van der Waals surface area contributed by atoms with Crippen molar-refractivity contribution in [1.82, 2.24) is 14.3 Å². The minimum absolute atomic E-state index is 0.00529. The number of para-hydroxylation sites is 1. The van der Waals surface area contributed by atoms with Gasteiger partial charge >= 0.3 is 11.9 Å². The Hall–Kier alpha value is -5.61. The number of hydrogen-bond acceptors (Lipinski definition) is 8. The summed E-state index contributed by atoms with van der Waals surface area (Å²) in [5.74, 6) is -0.708. The van der Waals surface area contributed by atoms with Gasteiger partial charge in [-0.2, -0.15) is 5.10 Å². The predicted octanol–water partition coefficient (Wildman–Crippen LogP) is 5.05. The number of fused-ring (bicyclic) bond motifs is 1. The molecule has 0 spiro atoms. The third-order valence-electron chi connectivity index (χ3n) is 7.41. The molecule has 1 aliphatic heterocycles. The number of allylic oxidation sites excluding steroid dienone is 1. The Morgan fingerprint density at radius 3 is 2.39 bits per heavy atom. The van der Waals surface area contributed by atoms with Crippen LogP contribution in [0.2, 0.25) is 0 Å². The second kappa shape index (κ2) is 12.8. The third-order valence-corrected chi connectivity index (χ3v) is 8.39. The molecule has 0 aliphatic carbocycles. The SMILES string of the molecule is C=CCOC(=O)C1=C(C)N=c2s/c(=C/c3cn(-c4ccccc4)nc3-c3ccc(C)cc3)c(=O)n2[C@H]1c1ccc(OC(C)=O)cc1. The second-order valence-electron chi connectivity index (χ2n) is 10.7. The Morgan fingerprint density at radius 2 is 1.72 bits per heavy atom. The van der Waals surface area contributed by atoms with Crippen LogP contribution in [0.4, 0.5) is 0 Å². The fourth-order valence-corrected chi connectivity index (χ4v) is 6.31. The summed E-state index contributed by atoms with van der Waals surface area (Å²) in [5, 5.41) is 4.90. The maximum Gasteiger partial charge on any atom is 0.338 e. The van der Waals surface area contributed by atoms with Crippen LogP contribution in [0.25, 0.3) is 23.0 Å². The molecule has 46 heavy (non-hydrogen) atoms. The van der Waals surface area contributed by atoms with Gasteiger partial charge in [-0.1, -0.05) is 84.2 Å². The molecular formula is C36H30N4O5S. The van der Waals surface area contributed by atoms with Crippen LogP contribution < -0.4 is 19.6 Å². The van der Waals surface area contributed by atoms with Gasteiger partial charge in [-0.15, -0.1) is 0 Å². The summed E-state index contributed by atoms with van der Waals surface area (Å²) >= 11 is 1.23. The van der Waals surface area contributed by atoms with Gasteiger partial charge in [0, 0.05) is 24.2 Å². The van der Waals surface area contributed by atoms with Crippen molar-refractivity contribution >= 4 is 29.4 Å². The van der Waals surface area contributed by atoms with Gasteiger partial charge in [0.2, 0.25) is 0 Å². The van der Waals surface area contributed by atoms with Gasteiger partial charge in [-0.05, 0) is 49.8 Å². The van der Waals surface area contributed by atoms with E-state index in [0.29, 0.717) is 26.3 Å². The number of carbonyl (C=O) groups excluding carboxylic acids is 2. The van der Waals surface area contributed by atoms with Crippen LogP contribution >= 0.6 is 11.3 Å². The van der Waals surface area contributed by atoms with Crippen LogP contribution in [-0.4, -0.2) is 32.9 Å². The number of aryl methyl sites for hydroxylation is 1. The molecule has 9 nitrogen and oxygen atoms in total. The first kappa shape index (κ1) is 30.4. The highest BCUT2D eigenvalue weighted by Gasteiger charge is 2.33. The van der Waals surface area contributed by atoms with E-state index in [9.17, 15) is 14.4 Å². The molecule has 1 aliphatic rings. The molecule has 0 saturated carbocycles. The van der Waals surface area contributed by atoms with Crippen LogP contribution in [-0.2, 0) is 14.3 Å². The normalized spacial score (nSPS) is 14.4. The second-order valence-corrected chi connectivity index (χ2v) is 11.7. The van der Waals surface area contributed by atoms with Gasteiger partial charge < -0.3 is 9.47 Å². The Balaban J connectivity index is 1.53. The van der Waals surface area contributed by atoms with E-state index in [1.165, 1.54) is 28.9 Å². The zero-order chi connectivity index (χ0) is 32.4. The molecule has 3 heterocycles. The number of carbonyl (C=O) groups is 2. The van der Waals surface area contributed by atoms with E-state index < -0.39 is 18.0 Å².